The Morgan fingerprint density at radius 2 is 2.10 bits per heavy atom. The van der Waals surface area contributed by atoms with Crippen LogP contribution in [-0.2, 0) is 0 Å². The van der Waals surface area contributed by atoms with Crippen LogP contribution in [0.15, 0.2) is 0 Å². The Kier molecular flexibility index (Phi) is 3.57. The quantitative estimate of drug-likeness (QED) is 0.667. The van der Waals surface area contributed by atoms with Crippen LogP contribution in [-0.4, -0.2) is 17.0 Å². The minimum atomic E-state index is 0.485. The van der Waals surface area contributed by atoms with E-state index in [4.69, 9.17) is 5.73 Å². The van der Waals surface area contributed by atoms with Crippen LogP contribution in [0.1, 0.15) is 32.6 Å². The lowest BCUT2D eigenvalue weighted by Crippen LogP contribution is -2.35. The third-order valence-corrected chi connectivity index (χ3v) is 3.48. The highest BCUT2D eigenvalue weighted by atomic mass is 32.2. The Labute approximate surface area is 67.8 Å². The summed E-state index contributed by atoms with van der Waals surface area (Å²) < 4.78 is 0. The molecule has 10 heavy (non-hydrogen) atoms. The molecule has 1 aliphatic rings. The molecule has 0 spiro atoms. The lowest BCUT2D eigenvalue weighted by Gasteiger charge is -2.27. The summed E-state index contributed by atoms with van der Waals surface area (Å²) in [6.45, 7) is 2.21. The topological polar surface area (TPSA) is 26.0 Å². The number of nitrogens with two attached hydrogens (primary N) is 1. The average molecular weight is 159 g/mol. The third kappa shape index (κ3) is 2.17. The van der Waals surface area contributed by atoms with Gasteiger partial charge in [-0.05, 0) is 18.6 Å². The van der Waals surface area contributed by atoms with Crippen molar-refractivity contribution in [1.29, 1.82) is 0 Å². The van der Waals surface area contributed by atoms with Crippen LogP contribution in [0.25, 0.3) is 0 Å². The summed E-state index contributed by atoms with van der Waals surface area (Å²) >= 11 is 2.04. The zero-order valence-electron chi connectivity index (χ0n) is 6.68. The van der Waals surface area contributed by atoms with Crippen molar-refractivity contribution >= 4 is 11.8 Å². The van der Waals surface area contributed by atoms with Crippen LogP contribution < -0.4 is 5.73 Å². The number of hydrogen-bond donors (Lipinski definition) is 1. The summed E-state index contributed by atoms with van der Waals surface area (Å²) in [4.78, 5) is 0. The number of rotatable bonds is 2. The average Bonchev–Trinajstić information content (AvgIpc) is 1.94. The van der Waals surface area contributed by atoms with E-state index in [1.54, 1.807) is 0 Å². The maximum absolute atomic E-state index is 5.94. The van der Waals surface area contributed by atoms with Gasteiger partial charge >= 0.3 is 0 Å². The van der Waals surface area contributed by atoms with Crippen LogP contribution >= 0.6 is 11.8 Å². The second kappa shape index (κ2) is 4.24. The van der Waals surface area contributed by atoms with Gasteiger partial charge in [0.25, 0.3) is 0 Å². The van der Waals surface area contributed by atoms with Crippen LogP contribution in [0, 0.1) is 0 Å². The molecule has 1 saturated carbocycles. The van der Waals surface area contributed by atoms with E-state index in [-0.39, 0.29) is 0 Å². The molecule has 0 aromatic carbocycles. The summed E-state index contributed by atoms with van der Waals surface area (Å²) in [5.74, 6) is 1.22. The van der Waals surface area contributed by atoms with Crippen molar-refractivity contribution in [2.24, 2.45) is 5.73 Å². The van der Waals surface area contributed by atoms with Gasteiger partial charge in [-0.1, -0.05) is 19.8 Å². The minimum absolute atomic E-state index is 0.485. The molecular formula is C8H17NS. The van der Waals surface area contributed by atoms with Gasteiger partial charge < -0.3 is 5.73 Å². The molecule has 0 radical (unpaired) electrons. The Bertz CT molecular complexity index is 93.3. The van der Waals surface area contributed by atoms with Gasteiger partial charge in [-0.15, -0.1) is 0 Å². The molecule has 1 nitrogen and oxygen atoms in total. The van der Waals surface area contributed by atoms with Gasteiger partial charge in [-0.3, -0.25) is 0 Å². The van der Waals surface area contributed by atoms with Gasteiger partial charge in [0.05, 0.1) is 0 Å². The molecule has 0 bridgehead atoms. The molecule has 1 aliphatic carbocycles. The number of thioether (sulfide) groups is 1. The predicted molar refractivity (Wildman–Crippen MR) is 48.4 cm³/mol. The van der Waals surface area contributed by atoms with Crippen LogP contribution in [0.3, 0.4) is 0 Å². The molecule has 2 atom stereocenters. The molecule has 2 unspecified atom stereocenters. The van der Waals surface area contributed by atoms with E-state index in [9.17, 15) is 0 Å². The third-order valence-electron chi connectivity index (χ3n) is 2.13. The highest BCUT2D eigenvalue weighted by molar-refractivity contribution is 7.99. The summed E-state index contributed by atoms with van der Waals surface area (Å²) in [7, 11) is 0. The first-order valence-electron chi connectivity index (χ1n) is 4.21. The summed E-state index contributed by atoms with van der Waals surface area (Å²) in [5.41, 5.74) is 5.94. The highest BCUT2D eigenvalue weighted by Crippen LogP contribution is 2.26. The molecule has 0 amide bonds. The first-order valence-corrected chi connectivity index (χ1v) is 5.26. The molecule has 60 valence electrons. The van der Waals surface area contributed by atoms with Crippen LogP contribution in [0.2, 0.25) is 0 Å². The standard InChI is InChI=1S/C8H17NS/c1-2-10-8-6-4-3-5-7(8)9/h7-8H,2-6,9H2,1H3. The molecule has 0 saturated heterocycles. The minimum Gasteiger partial charge on any atom is -0.327 e. The lowest BCUT2D eigenvalue weighted by atomic mass is 9.96. The van der Waals surface area contributed by atoms with Gasteiger partial charge in [-0.2, -0.15) is 11.8 Å². The first-order chi connectivity index (χ1) is 4.84. The van der Waals surface area contributed by atoms with Gasteiger partial charge in [0.15, 0.2) is 0 Å². The summed E-state index contributed by atoms with van der Waals surface area (Å²) in [5, 5.41) is 0.763. The van der Waals surface area contributed by atoms with E-state index in [1.807, 2.05) is 11.8 Å². The van der Waals surface area contributed by atoms with Gasteiger partial charge in [0.2, 0.25) is 0 Å². The van der Waals surface area contributed by atoms with E-state index in [0.29, 0.717) is 6.04 Å². The normalized spacial score (nSPS) is 34.2. The first kappa shape index (κ1) is 8.41. The molecule has 1 rings (SSSR count). The maximum Gasteiger partial charge on any atom is 0.0198 e. The summed E-state index contributed by atoms with van der Waals surface area (Å²) in [6.07, 6.45) is 5.34. The Morgan fingerprint density at radius 1 is 1.40 bits per heavy atom. The van der Waals surface area contributed by atoms with Crippen LogP contribution in [0.4, 0.5) is 0 Å². The van der Waals surface area contributed by atoms with Crippen LogP contribution in [0.5, 0.6) is 0 Å². The van der Waals surface area contributed by atoms with E-state index in [0.717, 1.165) is 5.25 Å². The van der Waals surface area contributed by atoms with Crippen molar-refractivity contribution in [2.45, 2.75) is 43.9 Å². The molecule has 0 aliphatic heterocycles. The fourth-order valence-electron chi connectivity index (χ4n) is 1.55. The molecule has 0 aromatic rings. The molecule has 2 heteroatoms. The fraction of sp³-hybridized carbons (Fsp3) is 1.00. The Hall–Kier alpha value is 0.310. The van der Waals surface area contributed by atoms with E-state index < -0.39 is 0 Å². The summed E-state index contributed by atoms with van der Waals surface area (Å²) in [6, 6.07) is 0.485. The fourth-order valence-corrected chi connectivity index (χ4v) is 2.69. The van der Waals surface area contributed by atoms with E-state index >= 15 is 0 Å². The van der Waals surface area contributed by atoms with Crippen molar-refractivity contribution < 1.29 is 0 Å². The van der Waals surface area contributed by atoms with Crippen molar-refractivity contribution in [1.82, 2.24) is 0 Å². The SMILES string of the molecule is CCSC1CCCCC1N. The monoisotopic (exact) mass is 159 g/mol. The smallest absolute Gasteiger partial charge is 0.0198 e. The zero-order valence-corrected chi connectivity index (χ0v) is 7.49. The van der Waals surface area contributed by atoms with Crippen molar-refractivity contribution in [3.63, 3.8) is 0 Å². The second-order valence-electron chi connectivity index (χ2n) is 2.94. The Morgan fingerprint density at radius 3 is 2.70 bits per heavy atom. The Balaban J connectivity index is 2.25. The lowest BCUT2D eigenvalue weighted by molar-refractivity contribution is 0.453. The molecule has 2 N–H and O–H groups in total. The molecular weight excluding hydrogens is 142 g/mol. The van der Waals surface area contributed by atoms with Gasteiger partial charge in [0.1, 0.15) is 0 Å². The zero-order chi connectivity index (χ0) is 7.40. The highest BCUT2D eigenvalue weighted by Gasteiger charge is 2.20. The van der Waals surface area contributed by atoms with Crippen molar-refractivity contribution in [3.8, 4) is 0 Å². The molecule has 1 fully saturated rings. The largest absolute Gasteiger partial charge is 0.327 e. The predicted octanol–water partition coefficient (Wildman–Crippen LogP) is 2.01. The molecule has 0 heterocycles. The molecule has 0 aromatic heterocycles. The van der Waals surface area contributed by atoms with E-state index in [1.165, 1.54) is 31.4 Å². The maximum atomic E-state index is 5.94. The van der Waals surface area contributed by atoms with E-state index in [2.05, 4.69) is 6.92 Å². The van der Waals surface area contributed by atoms with Crippen molar-refractivity contribution in [3.05, 3.63) is 0 Å². The second-order valence-corrected chi connectivity index (χ2v) is 4.46. The number of hydrogen-bond acceptors (Lipinski definition) is 2. The van der Waals surface area contributed by atoms with Gasteiger partial charge in [0, 0.05) is 11.3 Å². The van der Waals surface area contributed by atoms with Gasteiger partial charge in [-0.25, -0.2) is 0 Å². The van der Waals surface area contributed by atoms with Crippen molar-refractivity contribution in [2.75, 3.05) is 5.75 Å².